The molecule has 2 N–H and O–H groups in total. The Morgan fingerprint density at radius 3 is 2.80 bits per heavy atom. The summed E-state index contributed by atoms with van der Waals surface area (Å²) in [6.45, 7) is 6.94. The minimum Gasteiger partial charge on any atom is -0.460 e. The molecule has 1 heterocycles. The van der Waals surface area contributed by atoms with Crippen LogP contribution in [-0.2, 0) is 20.7 Å². The minimum atomic E-state index is -0.496. The van der Waals surface area contributed by atoms with E-state index in [0.29, 0.717) is 17.1 Å². The fourth-order valence-electron chi connectivity index (χ4n) is 1.40. The number of nitrogens with zero attached hydrogens (tertiary/aromatic N) is 1. The van der Waals surface area contributed by atoms with Crippen LogP contribution in [-0.4, -0.2) is 35.0 Å². The molecule has 1 aromatic rings. The van der Waals surface area contributed by atoms with Crippen LogP contribution in [0.1, 0.15) is 18.4 Å². The van der Waals surface area contributed by atoms with Gasteiger partial charge in [0.2, 0.25) is 5.91 Å². The molecule has 0 aliphatic heterocycles. The van der Waals surface area contributed by atoms with Gasteiger partial charge in [-0.2, -0.15) is 4.98 Å². The van der Waals surface area contributed by atoms with Gasteiger partial charge in [-0.25, -0.2) is 4.79 Å². The molecule has 1 aromatic heterocycles. The molecule has 0 fully saturated rings. The van der Waals surface area contributed by atoms with Crippen molar-refractivity contribution in [3.8, 4) is 0 Å². The Morgan fingerprint density at radius 1 is 1.50 bits per heavy atom. The monoisotopic (exact) mass is 279 g/mol. The molecule has 0 aliphatic rings. The van der Waals surface area contributed by atoms with Gasteiger partial charge in [0, 0.05) is 17.3 Å². The van der Waals surface area contributed by atoms with E-state index in [0.717, 1.165) is 0 Å². The van der Waals surface area contributed by atoms with E-state index >= 15 is 0 Å². The summed E-state index contributed by atoms with van der Waals surface area (Å²) in [6, 6.07) is 1.35. The number of aromatic amines is 1. The summed E-state index contributed by atoms with van der Waals surface area (Å²) in [7, 11) is 0. The molecule has 1 rings (SSSR count). The molecule has 108 valence electrons. The Labute approximate surface area is 116 Å². The van der Waals surface area contributed by atoms with Gasteiger partial charge in [-0.1, -0.05) is 6.58 Å². The molecule has 0 saturated heterocycles. The number of carbonyl (C=O) groups excluding carboxylic acids is 2. The van der Waals surface area contributed by atoms with Crippen molar-refractivity contribution < 1.29 is 14.3 Å². The minimum absolute atomic E-state index is 0.0364. The molecular weight excluding hydrogens is 262 g/mol. The first kappa shape index (κ1) is 15.6. The number of hydrogen-bond donors (Lipinski definition) is 2. The van der Waals surface area contributed by atoms with Crippen LogP contribution in [0.5, 0.6) is 0 Å². The Morgan fingerprint density at radius 2 is 2.20 bits per heavy atom. The summed E-state index contributed by atoms with van der Waals surface area (Å²) < 4.78 is 4.82. The van der Waals surface area contributed by atoms with Crippen LogP contribution in [0.15, 0.2) is 23.0 Å². The van der Waals surface area contributed by atoms with Gasteiger partial charge in [0.05, 0.1) is 13.0 Å². The van der Waals surface area contributed by atoms with Gasteiger partial charge in [-0.3, -0.25) is 9.59 Å². The van der Waals surface area contributed by atoms with Crippen LogP contribution in [0, 0.1) is 6.92 Å². The first-order valence-corrected chi connectivity index (χ1v) is 6.04. The molecule has 0 unspecified atom stereocenters. The SMILES string of the molecule is C=C(C)C(=O)OCCNC(=O)Cc1nc(=O)cc(C)[nH]1. The number of aromatic nitrogens is 2. The number of carbonyl (C=O) groups is 2. The Hall–Kier alpha value is -2.44. The maximum Gasteiger partial charge on any atom is 0.333 e. The highest BCUT2D eigenvalue weighted by Gasteiger charge is 2.07. The average Bonchev–Trinajstić information content (AvgIpc) is 2.32. The normalized spacial score (nSPS) is 9.90. The number of rotatable bonds is 6. The summed E-state index contributed by atoms with van der Waals surface area (Å²) in [5.74, 6) is -0.513. The van der Waals surface area contributed by atoms with Crippen molar-refractivity contribution in [3.63, 3.8) is 0 Å². The number of esters is 1. The zero-order valence-corrected chi connectivity index (χ0v) is 11.5. The predicted octanol–water partition coefficient (Wildman–Crippen LogP) is -0.144. The van der Waals surface area contributed by atoms with E-state index in [-0.39, 0.29) is 31.0 Å². The van der Waals surface area contributed by atoms with Gasteiger partial charge in [-0.15, -0.1) is 0 Å². The lowest BCUT2D eigenvalue weighted by Crippen LogP contribution is -2.30. The number of ether oxygens (including phenoxy) is 1. The van der Waals surface area contributed by atoms with Gasteiger partial charge < -0.3 is 15.0 Å². The lowest BCUT2D eigenvalue weighted by Gasteiger charge is -2.06. The van der Waals surface area contributed by atoms with Crippen LogP contribution < -0.4 is 10.9 Å². The van der Waals surface area contributed by atoms with Crippen molar-refractivity contribution in [3.05, 3.63) is 40.1 Å². The highest BCUT2D eigenvalue weighted by Crippen LogP contribution is 1.92. The zero-order valence-electron chi connectivity index (χ0n) is 11.5. The topological polar surface area (TPSA) is 101 Å². The van der Waals surface area contributed by atoms with Crippen LogP contribution in [0.4, 0.5) is 0 Å². The molecule has 0 spiro atoms. The third-order valence-electron chi connectivity index (χ3n) is 2.26. The first-order chi connectivity index (χ1) is 9.38. The number of amides is 1. The number of hydrogen-bond acceptors (Lipinski definition) is 5. The standard InChI is InChI=1S/C13H17N3O4/c1-8(2)13(19)20-5-4-14-11(17)7-10-15-9(3)6-12(18)16-10/h6H,1,4-5,7H2,2-3H3,(H,14,17)(H,15,16,18). The van der Waals surface area contributed by atoms with E-state index in [2.05, 4.69) is 21.9 Å². The van der Waals surface area contributed by atoms with Crippen molar-refractivity contribution in [1.82, 2.24) is 15.3 Å². The largest absolute Gasteiger partial charge is 0.460 e. The quantitative estimate of drug-likeness (QED) is 0.428. The molecule has 20 heavy (non-hydrogen) atoms. The molecule has 0 saturated carbocycles. The van der Waals surface area contributed by atoms with Gasteiger partial charge in [-0.05, 0) is 13.8 Å². The first-order valence-electron chi connectivity index (χ1n) is 6.04. The van der Waals surface area contributed by atoms with Crippen molar-refractivity contribution >= 4 is 11.9 Å². The fourth-order valence-corrected chi connectivity index (χ4v) is 1.40. The van der Waals surface area contributed by atoms with Crippen molar-refractivity contribution in [1.29, 1.82) is 0 Å². The molecule has 7 heteroatoms. The lowest BCUT2D eigenvalue weighted by molar-refractivity contribution is -0.139. The van der Waals surface area contributed by atoms with Crippen molar-refractivity contribution in [2.75, 3.05) is 13.2 Å². The molecule has 0 aromatic carbocycles. The molecular formula is C13H17N3O4. The van der Waals surface area contributed by atoms with Crippen LogP contribution >= 0.6 is 0 Å². The van der Waals surface area contributed by atoms with E-state index in [9.17, 15) is 14.4 Å². The van der Waals surface area contributed by atoms with E-state index < -0.39 is 5.97 Å². The van der Waals surface area contributed by atoms with Gasteiger partial charge in [0.15, 0.2) is 0 Å². The van der Waals surface area contributed by atoms with Crippen molar-refractivity contribution in [2.24, 2.45) is 0 Å². The fraction of sp³-hybridized carbons (Fsp3) is 0.385. The highest BCUT2D eigenvalue weighted by molar-refractivity contribution is 5.86. The third-order valence-corrected chi connectivity index (χ3v) is 2.26. The number of H-pyrrole nitrogens is 1. The predicted molar refractivity (Wildman–Crippen MR) is 72.1 cm³/mol. The summed E-state index contributed by atoms with van der Waals surface area (Å²) in [5, 5.41) is 2.56. The van der Waals surface area contributed by atoms with E-state index in [1.807, 2.05) is 0 Å². The van der Waals surface area contributed by atoms with E-state index in [4.69, 9.17) is 4.74 Å². The number of nitrogens with one attached hydrogen (secondary N) is 2. The van der Waals surface area contributed by atoms with Crippen LogP contribution in [0.25, 0.3) is 0 Å². The van der Waals surface area contributed by atoms with Gasteiger partial charge in [0.1, 0.15) is 12.4 Å². The van der Waals surface area contributed by atoms with E-state index in [1.54, 1.807) is 13.8 Å². The van der Waals surface area contributed by atoms with Gasteiger partial charge in [0.25, 0.3) is 5.56 Å². The molecule has 7 nitrogen and oxygen atoms in total. The van der Waals surface area contributed by atoms with Gasteiger partial charge >= 0.3 is 5.97 Å². The highest BCUT2D eigenvalue weighted by atomic mass is 16.5. The molecule has 0 bridgehead atoms. The second kappa shape index (κ2) is 7.22. The maximum atomic E-state index is 11.6. The molecule has 0 atom stereocenters. The third kappa shape index (κ3) is 5.47. The van der Waals surface area contributed by atoms with E-state index in [1.165, 1.54) is 6.07 Å². The summed E-state index contributed by atoms with van der Waals surface area (Å²) in [6.07, 6.45) is -0.0364. The Balaban J connectivity index is 2.35. The molecule has 1 amide bonds. The second-order valence-electron chi connectivity index (χ2n) is 4.29. The number of aryl methyl sites for hydroxylation is 1. The van der Waals surface area contributed by atoms with Crippen LogP contribution in [0.2, 0.25) is 0 Å². The maximum absolute atomic E-state index is 11.6. The van der Waals surface area contributed by atoms with Crippen molar-refractivity contribution in [2.45, 2.75) is 20.3 Å². The Bertz CT molecular complexity index is 577. The lowest BCUT2D eigenvalue weighted by atomic mass is 10.3. The Kier molecular flexibility index (Phi) is 5.64. The van der Waals surface area contributed by atoms with Crippen LogP contribution in [0.3, 0.4) is 0 Å². The zero-order chi connectivity index (χ0) is 15.1. The average molecular weight is 279 g/mol. The molecule has 0 aliphatic carbocycles. The summed E-state index contributed by atoms with van der Waals surface area (Å²) in [4.78, 5) is 40.3. The smallest absolute Gasteiger partial charge is 0.333 e. The second-order valence-corrected chi connectivity index (χ2v) is 4.29. The molecule has 0 radical (unpaired) electrons. The summed E-state index contributed by atoms with van der Waals surface area (Å²) >= 11 is 0. The summed E-state index contributed by atoms with van der Waals surface area (Å²) in [5.41, 5.74) is 0.556.